The zero-order valence-electron chi connectivity index (χ0n) is 67.3. The van der Waals surface area contributed by atoms with E-state index in [9.17, 15) is 43.2 Å². The summed E-state index contributed by atoms with van der Waals surface area (Å²) in [5.74, 6) is -2.19. The summed E-state index contributed by atoms with van der Waals surface area (Å²) in [6.07, 6.45) is 85.1. The van der Waals surface area contributed by atoms with Gasteiger partial charge >= 0.3 is 39.5 Å². The molecule has 0 aromatic carbocycles. The molecule has 106 heavy (non-hydrogen) atoms. The number of carbonyl (C=O) groups is 4. The number of aliphatic hydroxyl groups excluding tert-OH is 1. The first kappa shape index (κ1) is 102. The first-order chi connectivity index (χ1) is 51.7. The topological polar surface area (TPSA) is 237 Å². The van der Waals surface area contributed by atoms with Gasteiger partial charge in [0.2, 0.25) is 0 Å². The molecule has 5 atom stereocenters. The fourth-order valence-electron chi connectivity index (χ4n) is 11.6. The molecule has 0 amide bonds. The van der Waals surface area contributed by atoms with E-state index in [0.29, 0.717) is 25.7 Å². The largest absolute Gasteiger partial charge is 0.472 e. The van der Waals surface area contributed by atoms with Crippen LogP contribution in [0.4, 0.5) is 0 Å². The normalized spacial score (nSPS) is 14.3. The number of unbranched alkanes of at least 4 members (excludes halogenated alkanes) is 38. The fourth-order valence-corrected chi connectivity index (χ4v) is 13.2. The average molecular weight is 1530 g/mol. The molecule has 0 aliphatic rings. The van der Waals surface area contributed by atoms with Gasteiger partial charge in [-0.15, -0.1) is 0 Å². The second kappa shape index (κ2) is 79.1. The molecule has 0 aliphatic heterocycles. The van der Waals surface area contributed by atoms with Crippen LogP contribution in [0.25, 0.3) is 0 Å². The number of allylic oxidation sites excluding steroid dienone is 16. The van der Waals surface area contributed by atoms with Crippen molar-refractivity contribution in [3.05, 3.63) is 97.2 Å². The fraction of sp³-hybridized carbons (Fsp3) is 0.770. The van der Waals surface area contributed by atoms with Crippen LogP contribution in [0.1, 0.15) is 374 Å². The summed E-state index contributed by atoms with van der Waals surface area (Å²) in [4.78, 5) is 73.2. The predicted molar refractivity (Wildman–Crippen MR) is 436 cm³/mol. The molecule has 17 nitrogen and oxygen atoms in total. The first-order valence-electron chi connectivity index (χ1n) is 42.5. The highest BCUT2D eigenvalue weighted by molar-refractivity contribution is 7.47. The number of rotatable bonds is 80. The zero-order chi connectivity index (χ0) is 77.4. The summed E-state index contributed by atoms with van der Waals surface area (Å²) in [5.41, 5.74) is 0. The van der Waals surface area contributed by atoms with Crippen LogP contribution in [0.2, 0.25) is 0 Å². The van der Waals surface area contributed by atoms with E-state index in [2.05, 4.69) is 125 Å². The summed E-state index contributed by atoms with van der Waals surface area (Å²) in [5, 5.41) is 10.7. The van der Waals surface area contributed by atoms with Crippen LogP contribution in [-0.2, 0) is 65.4 Å². The minimum atomic E-state index is -4.98. The van der Waals surface area contributed by atoms with Crippen molar-refractivity contribution in [1.29, 1.82) is 0 Å². The monoisotopic (exact) mass is 1530 g/mol. The molecule has 0 spiro atoms. The van der Waals surface area contributed by atoms with Crippen LogP contribution in [0.5, 0.6) is 0 Å². The molecule has 0 fully saturated rings. The highest BCUT2D eigenvalue weighted by Crippen LogP contribution is 2.45. The lowest BCUT2D eigenvalue weighted by atomic mass is 10.0. The van der Waals surface area contributed by atoms with Crippen LogP contribution in [0, 0.1) is 0 Å². The van der Waals surface area contributed by atoms with Crippen LogP contribution in [0.15, 0.2) is 97.2 Å². The van der Waals surface area contributed by atoms with Gasteiger partial charge in [-0.25, -0.2) is 9.13 Å². The molecule has 0 radical (unpaired) electrons. The number of hydrogen-bond acceptors (Lipinski definition) is 15. The first-order valence-corrected chi connectivity index (χ1v) is 45.5. The van der Waals surface area contributed by atoms with Gasteiger partial charge < -0.3 is 33.8 Å². The highest BCUT2D eigenvalue weighted by atomic mass is 31.2. The molecule has 0 bridgehead atoms. The van der Waals surface area contributed by atoms with Crippen molar-refractivity contribution in [2.24, 2.45) is 0 Å². The molecule has 0 heterocycles. The molecule has 614 valence electrons. The Balaban J connectivity index is 5.36. The number of phosphoric ester groups is 2. The second-order valence-electron chi connectivity index (χ2n) is 28.4. The standard InChI is InChI=1S/C87H154O17P2/c1-5-9-13-17-21-25-29-33-36-38-40-42-45-48-51-55-59-63-67-71-84(89)97-77-82(103-86(91)73-69-65-61-57-53-47-32-28-24-20-16-12-8-4)79-101-105(93,94)99-75-81(88)76-100-106(95,96)102-80-83(104-87(92)74-70-66-62-58-54-50-44-35-31-27-23-19-15-11-7-3)78-98-85(90)72-68-64-60-56-52-49-46-43-41-39-37-34-30-26-22-18-14-10-6-2/h10,14,21-22,25-26,33-34,36-37,40-43,49,52,81-83,88H,5-9,11-13,15-20,23-24,27-32,35,38-39,44-48,50-51,53-80H2,1-4H3,(H,93,94)(H,95,96)/b14-10-,25-21-,26-22-,36-33-,37-34-,42-40-,43-41-,52-49-. The van der Waals surface area contributed by atoms with Crippen molar-refractivity contribution in [3.63, 3.8) is 0 Å². The number of hydrogen-bond donors (Lipinski definition) is 3. The van der Waals surface area contributed by atoms with Gasteiger partial charge in [-0.3, -0.25) is 37.3 Å². The molecule has 3 N–H and O–H groups in total. The van der Waals surface area contributed by atoms with Crippen molar-refractivity contribution in [2.45, 2.75) is 393 Å². The molecular formula is C87H154O17P2. The highest BCUT2D eigenvalue weighted by Gasteiger charge is 2.30. The van der Waals surface area contributed by atoms with Crippen molar-refractivity contribution >= 4 is 39.5 Å². The number of carbonyl (C=O) groups excluding carboxylic acids is 4. The summed E-state index contributed by atoms with van der Waals surface area (Å²) < 4.78 is 68.8. The quantitative estimate of drug-likeness (QED) is 0.0169. The Morgan fingerprint density at radius 2 is 0.491 bits per heavy atom. The second-order valence-corrected chi connectivity index (χ2v) is 31.3. The molecule has 0 saturated heterocycles. The minimum absolute atomic E-state index is 0.0911. The van der Waals surface area contributed by atoms with E-state index in [-0.39, 0.29) is 25.7 Å². The van der Waals surface area contributed by atoms with Crippen LogP contribution < -0.4 is 0 Å². The lowest BCUT2D eigenvalue weighted by molar-refractivity contribution is -0.161. The summed E-state index contributed by atoms with van der Waals surface area (Å²) in [6.45, 7) is 4.76. The molecule has 0 aliphatic carbocycles. The van der Waals surface area contributed by atoms with Crippen molar-refractivity contribution in [1.82, 2.24) is 0 Å². The molecule has 0 saturated carbocycles. The van der Waals surface area contributed by atoms with Gasteiger partial charge in [0.15, 0.2) is 12.2 Å². The maximum absolute atomic E-state index is 13.1. The molecule has 0 aromatic heterocycles. The van der Waals surface area contributed by atoms with E-state index in [4.69, 9.17) is 37.0 Å². The molecular weight excluding hydrogens is 1380 g/mol. The smallest absolute Gasteiger partial charge is 0.462 e. The van der Waals surface area contributed by atoms with Gasteiger partial charge in [-0.05, 0) is 109 Å². The van der Waals surface area contributed by atoms with Crippen molar-refractivity contribution in [2.75, 3.05) is 39.6 Å². The van der Waals surface area contributed by atoms with Gasteiger partial charge in [-0.2, -0.15) is 0 Å². The average Bonchev–Trinajstić information content (AvgIpc) is 0.933. The maximum Gasteiger partial charge on any atom is 0.472 e. The van der Waals surface area contributed by atoms with Crippen molar-refractivity contribution in [3.8, 4) is 0 Å². The number of ether oxygens (including phenoxy) is 4. The predicted octanol–water partition coefficient (Wildman–Crippen LogP) is 25.1. The third-order valence-electron chi connectivity index (χ3n) is 18.1. The third kappa shape index (κ3) is 78.1. The Morgan fingerprint density at radius 3 is 0.783 bits per heavy atom. The van der Waals surface area contributed by atoms with E-state index in [1.54, 1.807) is 0 Å². The Morgan fingerprint density at radius 1 is 0.274 bits per heavy atom. The van der Waals surface area contributed by atoms with Gasteiger partial charge in [0, 0.05) is 25.7 Å². The number of esters is 4. The van der Waals surface area contributed by atoms with E-state index in [0.717, 1.165) is 161 Å². The van der Waals surface area contributed by atoms with Gasteiger partial charge in [0.1, 0.15) is 19.3 Å². The number of aliphatic hydroxyl groups is 1. The van der Waals surface area contributed by atoms with Gasteiger partial charge in [0.25, 0.3) is 0 Å². The van der Waals surface area contributed by atoms with Gasteiger partial charge in [0.05, 0.1) is 26.4 Å². The van der Waals surface area contributed by atoms with Crippen LogP contribution >= 0.6 is 15.6 Å². The van der Waals surface area contributed by atoms with E-state index >= 15 is 0 Å². The van der Waals surface area contributed by atoms with E-state index in [1.165, 1.54) is 135 Å². The summed E-state index contributed by atoms with van der Waals surface area (Å²) in [7, 11) is -9.96. The lowest BCUT2D eigenvalue weighted by Gasteiger charge is -2.21. The maximum atomic E-state index is 13.1. The SMILES string of the molecule is CC/C=C\C/C=C\C/C=C\C/C=C\C/C=C\CCCCCC(=O)OCC(COP(=O)(O)OCC(O)COP(=O)(O)OCC(COC(=O)CCCCCCCC/C=C\C/C=C\C/C=C\CCCCC)OC(=O)CCCCCCCCCCCCCCC)OC(=O)CCCCCCCCCCCCCCCCC. The van der Waals surface area contributed by atoms with Crippen LogP contribution in [-0.4, -0.2) is 96.7 Å². The van der Waals surface area contributed by atoms with Gasteiger partial charge in [-0.1, -0.05) is 337 Å². The zero-order valence-corrected chi connectivity index (χ0v) is 69.1. The Kier molecular flexibility index (Phi) is 76.1. The van der Waals surface area contributed by atoms with Crippen LogP contribution in [0.3, 0.4) is 0 Å². The third-order valence-corrected chi connectivity index (χ3v) is 20.0. The van der Waals surface area contributed by atoms with E-state index < -0.39 is 97.5 Å². The Hall–Kier alpha value is -4.02. The lowest BCUT2D eigenvalue weighted by Crippen LogP contribution is -2.30. The minimum Gasteiger partial charge on any atom is -0.462 e. The Labute approximate surface area is 646 Å². The molecule has 0 aromatic rings. The number of phosphoric acid groups is 2. The molecule has 5 unspecified atom stereocenters. The molecule has 19 heteroatoms. The summed E-state index contributed by atoms with van der Waals surface area (Å²) in [6, 6.07) is 0. The van der Waals surface area contributed by atoms with E-state index in [1.807, 2.05) is 0 Å². The van der Waals surface area contributed by atoms with Crippen molar-refractivity contribution < 1.29 is 80.2 Å². The summed E-state index contributed by atoms with van der Waals surface area (Å²) >= 11 is 0. The molecule has 0 rings (SSSR count). The Bertz CT molecular complexity index is 2380.